The molecule has 0 unspecified atom stereocenters. The summed E-state index contributed by atoms with van der Waals surface area (Å²) in [4.78, 5) is 16.4. The number of pyridine rings is 1. The Kier molecular flexibility index (Phi) is 5.82. The van der Waals surface area contributed by atoms with E-state index in [4.69, 9.17) is 0 Å². The zero-order valence-corrected chi connectivity index (χ0v) is 13.9. The Balaban J connectivity index is 1.45. The molecule has 6 heteroatoms. The summed E-state index contributed by atoms with van der Waals surface area (Å²) in [7, 11) is 0. The van der Waals surface area contributed by atoms with Crippen LogP contribution in [0, 0.1) is 0 Å². The second kappa shape index (κ2) is 8.47. The van der Waals surface area contributed by atoms with Gasteiger partial charge >= 0.3 is 6.03 Å². The lowest BCUT2D eigenvalue weighted by molar-refractivity contribution is 0.233. The summed E-state index contributed by atoms with van der Waals surface area (Å²) in [5.41, 5.74) is 0.971. The van der Waals surface area contributed by atoms with Crippen molar-refractivity contribution in [3.05, 3.63) is 42.4 Å². The van der Waals surface area contributed by atoms with Gasteiger partial charge in [-0.2, -0.15) is 5.10 Å². The van der Waals surface area contributed by atoms with E-state index < -0.39 is 0 Å². The molecule has 2 heterocycles. The molecule has 0 aromatic carbocycles. The predicted molar refractivity (Wildman–Crippen MR) is 92.8 cm³/mol. The van der Waals surface area contributed by atoms with Crippen LogP contribution in [0.2, 0.25) is 0 Å². The highest BCUT2D eigenvalue weighted by atomic mass is 16.2. The van der Waals surface area contributed by atoms with E-state index in [0.29, 0.717) is 12.6 Å². The number of nitrogens with one attached hydrogen (secondary N) is 2. The molecule has 1 aliphatic rings. The van der Waals surface area contributed by atoms with Gasteiger partial charge in [0.2, 0.25) is 0 Å². The molecule has 0 spiro atoms. The van der Waals surface area contributed by atoms with Crippen molar-refractivity contribution in [3.63, 3.8) is 0 Å². The van der Waals surface area contributed by atoms with Gasteiger partial charge in [0.05, 0.1) is 0 Å². The fourth-order valence-corrected chi connectivity index (χ4v) is 3.08. The fraction of sp³-hybridized carbons (Fsp3) is 0.500. The number of carbonyl (C=O) groups excluding carboxylic acids is 1. The molecule has 6 nitrogen and oxygen atoms in total. The monoisotopic (exact) mass is 327 g/mol. The van der Waals surface area contributed by atoms with Crippen LogP contribution >= 0.6 is 0 Å². The normalized spacial score (nSPS) is 16.2. The van der Waals surface area contributed by atoms with Crippen molar-refractivity contribution >= 4 is 6.03 Å². The average molecular weight is 327 g/mol. The van der Waals surface area contributed by atoms with E-state index in [1.54, 1.807) is 17.1 Å². The first-order valence-corrected chi connectivity index (χ1v) is 8.80. The van der Waals surface area contributed by atoms with Crippen molar-refractivity contribution < 1.29 is 4.79 Å². The first-order valence-electron chi connectivity index (χ1n) is 8.80. The lowest BCUT2D eigenvalue weighted by atomic mass is 9.97. The lowest BCUT2D eigenvalue weighted by Gasteiger charge is -2.21. The molecule has 1 saturated carbocycles. The molecule has 1 fully saturated rings. The number of amides is 2. The molecule has 0 aliphatic heterocycles. The Hall–Kier alpha value is -2.37. The largest absolute Gasteiger partial charge is 0.335 e. The van der Waals surface area contributed by atoms with Gasteiger partial charge in [0.1, 0.15) is 0 Å². The third kappa shape index (κ3) is 4.81. The van der Waals surface area contributed by atoms with Crippen molar-refractivity contribution in [3.8, 4) is 5.82 Å². The second-order valence-electron chi connectivity index (χ2n) is 6.34. The number of rotatable bonds is 4. The Morgan fingerprint density at radius 1 is 1.17 bits per heavy atom. The molecule has 0 atom stereocenters. The molecule has 2 N–H and O–H groups in total. The van der Waals surface area contributed by atoms with Crippen LogP contribution in [0.3, 0.4) is 0 Å². The van der Waals surface area contributed by atoms with Crippen molar-refractivity contribution in [2.75, 3.05) is 0 Å². The van der Waals surface area contributed by atoms with Gasteiger partial charge in [0.15, 0.2) is 5.82 Å². The Labute approximate surface area is 142 Å². The van der Waals surface area contributed by atoms with Gasteiger partial charge < -0.3 is 10.6 Å². The number of aromatic nitrogens is 3. The summed E-state index contributed by atoms with van der Waals surface area (Å²) in [6.07, 6.45) is 13.9. The summed E-state index contributed by atoms with van der Waals surface area (Å²) in [5, 5.41) is 10.2. The van der Waals surface area contributed by atoms with Crippen molar-refractivity contribution in [2.24, 2.45) is 0 Å². The fourth-order valence-electron chi connectivity index (χ4n) is 3.08. The van der Waals surface area contributed by atoms with Gasteiger partial charge in [0.25, 0.3) is 0 Å². The molecule has 2 amide bonds. The minimum atomic E-state index is -0.0864. The van der Waals surface area contributed by atoms with E-state index in [2.05, 4.69) is 20.7 Å². The third-order valence-electron chi connectivity index (χ3n) is 4.44. The molecular weight excluding hydrogens is 302 g/mol. The van der Waals surface area contributed by atoms with E-state index in [1.165, 1.54) is 32.1 Å². The van der Waals surface area contributed by atoms with Gasteiger partial charge in [-0.3, -0.25) is 0 Å². The first kappa shape index (κ1) is 16.5. The summed E-state index contributed by atoms with van der Waals surface area (Å²) >= 11 is 0. The SMILES string of the molecule is O=C(NCc1ccc(-n2cccn2)nc1)NC1CCCCCCC1. The Morgan fingerprint density at radius 3 is 2.62 bits per heavy atom. The molecule has 1 aliphatic carbocycles. The second-order valence-corrected chi connectivity index (χ2v) is 6.34. The van der Waals surface area contributed by atoms with Gasteiger partial charge in [-0.05, 0) is 30.5 Å². The van der Waals surface area contributed by atoms with Crippen molar-refractivity contribution in [1.82, 2.24) is 25.4 Å². The smallest absolute Gasteiger partial charge is 0.315 e. The number of nitrogens with zero attached hydrogens (tertiary/aromatic N) is 3. The maximum Gasteiger partial charge on any atom is 0.315 e. The van der Waals surface area contributed by atoms with Gasteiger partial charge in [-0.1, -0.05) is 38.2 Å². The molecule has 0 radical (unpaired) electrons. The van der Waals surface area contributed by atoms with Crippen LogP contribution in [0.5, 0.6) is 0 Å². The van der Waals surface area contributed by atoms with Crippen LogP contribution in [0.25, 0.3) is 5.82 Å². The molecule has 128 valence electrons. The van der Waals surface area contributed by atoms with E-state index >= 15 is 0 Å². The minimum Gasteiger partial charge on any atom is -0.335 e. The molecule has 24 heavy (non-hydrogen) atoms. The lowest BCUT2D eigenvalue weighted by Crippen LogP contribution is -2.42. The predicted octanol–water partition coefficient (Wildman–Crippen LogP) is 3.18. The molecule has 3 rings (SSSR count). The van der Waals surface area contributed by atoms with Crippen molar-refractivity contribution in [1.29, 1.82) is 0 Å². The van der Waals surface area contributed by atoms with Gasteiger partial charge in [-0.25, -0.2) is 14.5 Å². The highest BCUT2D eigenvalue weighted by molar-refractivity contribution is 5.74. The zero-order valence-electron chi connectivity index (χ0n) is 13.9. The first-order chi connectivity index (χ1) is 11.8. The molecule has 0 bridgehead atoms. The summed E-state index contributed by atoms with van der Waals surface area (Å²) in [6.45, 7) is 0.477. The summed E-state index contributed by atoms with van der Waals surface area (Å²) in [6, 6.07) is 5.94. The highest BCUT2D eigenvalue weighted by Gasteiger charge is 2.13. The summed E-state index contributed by atoms with van der Waals surface area (Å²) in [5.74, 6) is 0.766. The molecule has 2 aromatic heterocycles. The van der Waals surface area contributed by atoms with Gasteiger partial charge in [0, 0.05) is 31.2 Å². The maximum atomic E-state index is 12.1. The molecule has 0 saturated heterocycles. The number of hydrogen-bond donors (Lipinski definition) is 2. The maximum absolute atomic E-state index is 12.1. The van der Waals surface area contributed by atoms with Crippen LogP contribution in [-0.4, -0.2) is 26.8 Å². The summed E-state index contributed by atoms with van der Waals surface area (Å²) < 4.78 is 1.71. The molecule has 2 aromatic rings. The van der Waals surface area contributed by atoms with E-state index in [1.807, 2.05) is 24.4 Å². The van der Waals surface area contributed by atoms with E-state index in [0.717, 1.165) is 24.2 Å². The minimum absolute atomic E-state index is 0.0864. The zero-order chi connectivity index (χ0) is 16.6. The average Bonchev–Trinajstić information content (AvgIpc) is 3.10. The van der Waals surface area contributed by atoms with Gasteiger partial charge in [-0.15, -0.1) is 0 Å². The van der Waals surface area contributed by atoms with Crippen LogP contribution in [0.15, 0.2) is 36.8 Å². The Morgan fingerprint density at radius 2 is 1.96 bits per heavy atom. The van der Waals surface area contributed by atoms with Crippen LogP contribution in [0.4, 0.5) is 4.79 Å². The topological polar surface area (TPSA) is 71.8 Å². The third-order valence-corrected chi connectivity index (χ3v) is 4.44. The van der Waals surface area contributed by atoms with E-state index in [-0.39, 0.29) is 6.03 Å². The number of hydrogen-bond acceptors (Lipinski definition) is 3. The highest BCUT2D eigenvalue weighted by Crippen LogP contribution is 2.17. The number of carbonyl (C=O) groups is 1. The van der Waals surface area contributed by atoms with Crippen LogP contribution in [-0.2, 0) is 6.54 Å². The van der Waals surface area contributed by atoms with Crippen LogP contribution in [0.1, 0.15) is 50.5 Å². The quantitative estimate of drug-likeness (QED) is 0.906. The Bertz CT molecular complexity index is 615. The van der Waals surface area contributed by atoms with Crippen LogP contribution < -0.4 is 10.6 Å². The standard InChI is InChI=1S/C18H25N5O/c24-18(22-16-7-4-2-1-3-5-8-16)20-14-15-9-10-17(19-13-15)23-12-6-11-21-23/h6,9-13,16H,1-5,7-8,14H2,(H2,20,22,24). The number of urea groups is 1. The molecular formula is C18H25N5O. The van der Waals surface area contributed by atoms with E-state index in [9.17, 15) is 4.79 Å². The van der Waals surface area contributed by atoms with Crippen molar-refractivity contribution in [2.45, 2.75) is 57.5 Å².